The molecule has 5 nitrogen and oxygen atoms in total. The number of carbonyl (C=O) groups excluding carboxylic acids is 1. The van der Waals surface area contributed by atoms with Crippen LogP contribution >= 0.6 is 15.9 Å². The van der Waals surface area contributed by atoms with E-state index < -0.39 is 11.9 Å². The van der Waals surface area contributed by atoms with Crippen LogP contribution < -0.4 is 5.32 Å². The molecule has 130 valence electrons. The van der Waals surface area contributed by atoms with Gasteiger partial charge in [0.05, 0.1) is 11.8 Å². The number of benzene rings is 1. The van der Waals surface area contributed by atoms with Crippen molar-refractivity contribution < 1.29 is 19.4 Å². The Hall–Kier alpha value is -1.40. The minimum Gasteiger partial charge on any atom is -0.481 e. The second-order valence-corrected chi connectivity index (χ2v) is 7.66. The summed E-state index contributed by atoms with van der Waals surface area (Å²) in [6, 6.07) is 8.21. The van der Waals surface area contributed by atoms with Crippen LogP contribution in [0.1, 0.15) is 31.2 Å². The molecule has 24 heavy (non-hydrogen) atoms. The number of carboxylic acid groups (broad SMARTS) is 1. The fraction of sp³-hybridized carbons (Fsp3) is 0.556. The van der Waals surface area contributed by atoms with E-state index in [1.54, 1.807) is 0 Å². The van der Waals surface area contributed by atoms with E-state index >= 15 is 0 Å². The number of halogens is 1. The molecule has 2 N–H and O–H groups in total. The molecule has 0 spiro atoms. The molecule has 3 rings (SSSR count). The highest BCUT2D eigenvalue weighted by Gasteiger charge is 2.42. The summed E-state index contributed by atoms with van der Waals surface area (Å²) in [6.45, 7) is 1.87. The zero-order valence-electron chi connectivity index (χ0n) is 13.5. The SMILES string of the molecule is O=C(O)C1CCC1C(=O)NCC1(c2ccc(Br)cc2)CCOCC1. The molecular weight excluding hydrogens is 374 g/mol. The van der Waals surface area contributed by atoms with Crippen molar-refractivity contribution in [2.24, 2.45) is 11.8 Å². The first kappa shape index (κ1) is 17.4. The number of amides is 1. The lowest BCUT2D eigenvalue weighted by Gasteiger charge is -2.39. The van der Waals surface area contributed by atoms with Gasteiger partial charge in [-0.3, -0.25) is 9.59 Å². The topological polar surface area (TPSA) is 75.6 Å². The fourth-order valence-electron chi connectivity index (χ4n) is 3.63. The van der Waals surface area contributed by atoms with Crippen LogP contribution in [0.4, 0.5) is 0 Å². The highest BCUT2D eigenvalue weighted by molar-refractivity contribution is 9.10. The van der Waals surface area contributed by atoms with Crippen LogP contribution in [-0.2, 0) is 19.7 Å². The van der Waals surface area contributed by atoms with Crippen molar-refractivity contribution in [3.63, 3.8) is 0 Å². The molecule has 2 unspecified atom stereocenters. The van der Waals surface area contributed by atoms with Gasteiger partial charge in [0.25, 0.3) is 0 Å². The Kier molecular flexibility index (Phi) is 5.25. The van der Waals surface area contributed by atoms with E-state index in [2.05, 4.69) is 33.4 Å². The lowest BCUT2D eigenvalue weighted by atomic mass is 9.72. The molecule has 0 bridgehead atoms. The smallest absolute Gasteiger partial charge is 0.307 e. The highest BCUT2D eigenvalue weighted by Crippen LogP contribution is 2.37. The van der Waals surface area contributed by atoms with Gasteiger partial charge in [-0.15, -0.1) is 0 Å². The largest absolute Gasteiger partial charge is 0.481 e. The van der Waals surface area contributed by atoms with Gasteiger partial charge in [-0.25, -0.2) is 0 Å². The molecule has 0 radical (unpaired) electrons. The number of hydrogen-bond donors (Lipinski definition) is 2. The highest BCUT2D eigenvalue weighted by atomic mass is 79.9. The third-order valence-corrected chi connectivity index (χ3v) is 5.96. The number of ether oxygens (including phenoxy) is 1. The van der Waals surface area contributed by atoms with Crippen LogP contribution in [0.25, 0.3) is 0 Å². The number of carboxylic acids is 1. The summed E-state index contributed by atoms with van der Waals surface area (Å²) in [5, 5.41) is 12.1. The average molecular weight is 396 g/mol. The standard InChI is InChI=1S/C18H22BrNO4/c19-13-3-1-12(2-4-13)18(7-9-24-10-8-18)11-20-16(21)14-5-6-15(14)17(22)23/h1-4,14-15H,5-11H2,(H,20,21)(H,22,23). The Balaban J connectivity index is 1.70. The summed E-state index contributed by atoms with van der Waals surface area (Å²) in [5.74, 6) is -1.90. The maximum Gasteiger partial charge on any atom is 0.307 e. The van der Waals surface area contributed by atoms with E-state index in [1.165, 1.54) is 5.56 Å². The van der Waals surface area contributed by atoms with E-state index in [0.29, 0.717) is 32.6 Å². The fourth-order valence-corrected chi connectivity index (χ4v) is 3.89. The van der Waals surface area contributed by atoms with Crippen molar-refractivity contribution in [2.75, 3.05) is 19.8 Å². The Morgan fingerprint density at radius 1 is 1.17 bits per heavy atom. The number of rotatable bonds is 5. The van der Waals surface area contributed by atoms with Crippen LogP contribution in [0.2, 0.25) is 0 Å². The molecule has 1 heterocycles. The molecule has 6 heteroatoms. The van der Waals surface area contributed by atoms with Crippen molar-refractivity contribution in [3.8, 4) is 0 Å². The summed E-state index contributed by atoms with van der Waals surface area (Å²) < 4.78 is 6.53. The van der Waals surface area contributed by atoms with Gasteiger partial charge in [0.15, 0.2) is 0 Å². The number of nitrogens with one attached hydrogen (secondary N) is 1. The third kappa shape index (κ3) is 3.49. The Bertz CT molecular complexity index is 610. The molecule has 2 aliphatic rings. The molecule has 1 saturated carbocycles. The van der Waals surface area contributed by atoms with Crippen LogP contribution in [0.5, 0.6) is 0 Å². The molecule has 1 saturated heterocycles. The molecule has 1 aromatic rings. The van der Waals surface area contributed by atoms with Gasteiger partial charge < -0.3 is 15.2 Å². The van der Waals surface area contributed by atoms with E-state index in [1.807, 2.05) is 12.1 Å². The van der Waals surface area contributed by atoms with Gasteiger partial charge in [0.1, 0.15) is 0 Å². The van der Waals surface area contributed by atoms with Gasteiger partial charge in [0, 0.05) is 29.6 Å². The van der Waals surface area contributed by atoms with Crippen molar-refractivity contribution >= 4 is 27.8 Å². The van der Waals surface area contributed by atoms with Gasteiger partial charge in [-0.1, -0.05) is 28.1 Å². The lowest BCUT2D eigenvalue weighted by Crippen LogP contribution is -2.49. The maximum atomic E-state index is 12.4. The number of aliphatic carboxylic acids is 1. The maximum absolute atomic E-state index is 12.4. The van der Waals surface area contributed by atoms with Gasteiger partial charge in [0.2, 0.25) is 5.91 Å². The zero-order chi connectivity index (χ0) is 17.2. The number of carbonyl (C=O) groups is 2. The van der Waals surface area contributed by atoms with Crippen molar-refractivity contribution in [2.45, 2.75) is 31.1 Å². The quantitative estimate of drug-likeness (QED) is 0.803. The van der Waals surface area contributed by atoms with Crippen LogP contribution in [-0.4, -0.2) is 36.7 Å². The second kappa shape index (κ2) is 7.23. The molecule has 1 aliphatic heterocycles. The van der Waals surface area contributed by atoms with Crippen molar-refractivity contribution in [3.05, 3.63) is 34.3 Å². The first-order valence-corrected chi connectivity index (χ1v) is 9.15. The first-order valence-electron chi connectivity index (χ1n) is 8.36. The minimum absolute atomic E-state index is 0.128. The van der Waals surface area contributed by atoms with Crippen molar-refractivity contribution in [1.82, 2.24) is 5.32 Å². The minimum atomic E-state index is -0.866. The third-order valence-electron chi connectivity index (χ3n) is 5.44. The monoisotopic (exact) mass is 395 g/mol. The van der Waals surface area contributed by atoms with Crippen LogP contribution in [0.15, 0.2) is 28.7 Å². The normalized spacial score (nSPS) is 25.5. The predicted molar refractivity (Wildman–Crippen MR) is 92.7 cm³/mol. The predicted octanol–water partition coefficient (Wildman–Crippen LogP) is 2.72. The molecule has 1 aliphatic carbocycles. The Morgan fingerprint density at radius 2 is 1.79 bits per heavy atom. The van der Waals surface area contributed by atoms with Crippen LogP contribution in [0.3, 0.4) is 0 Å². The molecule has 2 atom stereocenters. The molecule has 2 fully saturated rings. The zero-order valence-corrected chi connectivity index (χ0v) is 15.0. The molecule has 1 amide bonds. The van der Waals surface area contributed by atoms with Crippen LogP contribution in [0, 0.1) is 11.8 Å². The summed E-state index contributed by atoms with van der Waals surface area (Å²) in [4.78, 5) is 23.5. The van der Waals surface area contributed by atoms with E-state index in [9.17, 15) is 9.59 Å². The van der Waals surface area contributed by atoms with Crippen molar-refractivity contribution in [1.29, 1.82) is 0 Å². The van der Waals surface area contributed by atoms with E-state index in [4.69, 9.17) is 9.84 Å². The van der Waals surface area contributed by atoms with E-state index in [-0.39, 0.29) is 17.2 Å². The molecular formula is C18H22BrNO4. The Labute approximate surface area is 149 Å². The number of hydrogen-bond acceptors (Lipinski definition) is 3. The van der Waals surface area contributed by atoms with E-state index in [0.717, 1.165) is 17.3 Å². The van der Waals surface area contributed by atoms with Gasteiger partial charge in [-0.05, 0) is 43.4 Å². The van der Waals surface area contributed by atoms with Gasteiger partial charge >= 0.3 is 5.97 Å². The lowest BCUT2D eigenvalue weighted by molar-refractivity contribution is -0.152. The average Bonchev–Trinajstić information content (AvgIpc) is 2.53. The summed E-state index contributed by atoms with van der Waals surface area (Å²) in [6.07, 6.45) is 2.96. The second-order valence-electron chi connectivity index (χ2n) is 6.75. The summed E-state index contributed by atoms with van der Waals surface area (Å²) in [7, 11) is 0. The Morgan fingerprint density at radius 3 is 2.33 bits per heavy atom. The first-order chi connectivity index (χ1) is 11.5. The molecule has 1 aromatic carbocycles. The molecule has 0 aromatic heterocycles. The van der Waals surface area contributed by atoms with Gasteiger partial charge in [-0.2, -0.15) is 0 Å². The summed E-state index contributed by atoms with van der Waals surface area (Å²) in [5.41, 5.74) is 1.05. The summed E-state index contributed by atoms with van der Waals surface area (Å²) >= 11 is 3.46.